The van der Waals surface area contributed by atoms with Crippen LogP contribution < -0.4 is 10.6 Å². The number of hydrogen-bond acceptors (Lipinski definition) is 3. The first kappa shape index (κ1) is 11.1. The van der Waals surface area contributed by atoms with E-state index in [0.717, 1.165) is 16.8 Å². The molecule has 3 nitrogen and oxygen atoms in total. The van der Waals surface area contributed by atoms with Gasteiger partial charge >= 0.3 is 0 Å². The predicted octanol–water partition coefficient (Wildman–Crippen LogP) is -1.26. The Hall–Kier alpha value is 0.0969. The van der Waals surface area contributed by atoms with Crippen molar-refractivity contribution in [2.45, 2.75) is 18.8 Å². The lowest BCUT2D eigenvalue weighted by Crippen LogP contribution is -2.65. The van der Waals surface area contributed by atoms with Crippen molar-refractivity contribution in [3.63, 3.8) is 0 Å². The van der Waals surface area contributed by atoms with Crippen molar-refractivity contribution in [1.29, 1.82) is 0 Å². The second kappa shape index (κ2) is 4.87. The van der Waals surface area contributed by atoms with Crippen LogP contribution in [-0.4, -0.2) is 48.2 Å². The molecule has 0 aromatic rings. The molecule has 0 atom stereocenters. The molecule has 0 amide bonds. The number of rotatable bonds is 5. The highest BCUT2D eigenvalue weighted by molar-refractivity contribution is 6.14. The Balaban J connectivity index is 4.00. The molecule has 0 aromatic heterocycles. The molecule has 0 aliphatic rings. The fraction of sp³-hybridized carbons (Fsp3) is 1.00. The largest absolute Gasteiger partial charge is 0.294 e. The van der Waals surface area contributed by atoms with Crippen molar-refractivity contribution < 1.29 is 0 Å². The summed E-state index contributed by atoms with van der Waals surface area (Å²) in [5, 5.41) is 6.58. The molecule has 0 aromatic carbocycles. The molecule has 0 saturated heterocycles. The van der Waals surface area contributed by atoms with Crippen LogP contribution in [0.2, 0.25) is 0 Å². The molecule has 0 aliphatic heterocycles. The summed E-state index contributed by atoms with van der Waals surface area (Å²) in [4.78, 5) is 2.32. The van der Waals surface area contributed by atoms with Crippen molar-refractivity contribution >= 4 is 10.2 Å². The van der Waals surface area contributed by atoms with Crippen LogP contribution in [-0.2, 0) is 0 Å². The molecule has 2 N–H and O–H groups in total. The highest BCUT2D eigenvalue weighted by Crippen LogP contribution is 1.99. The minimum absolute atomic E-state index is 0.0655. The fourth-order valence-corrected chi connectivity index (χ4v) is 1.29. The summed E-state index contributed by atoms with van der Waals surface area (Å²) < 4.78 is 0. The first-order valence-corrected chi connectivity index (χ1v) is 5.19. The van der Waals surface area contributed by atoms with E-state index in [2.05, 4.69) is 29.5 Å². The molecule has 0 spiro atoms. The molecule has 0 radical (unpaired) electrons. The molecule has 0 aliphatic carbocycles. The van der Waals surface area contributed by atoms with E-state index in [4.69, 9.17) is 0 Å². The van der Waals surface area contributed by atoms with Crippen molar-refractivity contribution in [2.24, 2.45) is 0 Å². The molecule has 4 heteroatoms. The Morgan fingerprint density at radius 1 is 1.36 bits per heavy atom. The van der Waals surface area contributed by atoms with Crippen molar-refractivity contribution in [3.8, 4) is 0 Å². The Bertz CT molecular complexity index is 104. The summed E-state index contributed by atoms with van der Waals surface area (Å²) in [5.41, 5.74) is 0.0655. The maximum Gasteiger partial charge on any atom is 0.0988 e. The number of nitrogens with one attached hydrogen (secondary N) is 2. The van der Waals surface area contributed by atoms with Gasteiger partial charge in [0.25, 0.3) is 0 Å². The van der Waals surface area contributed by atoms with Crippen LogP contribution >= 0.6 is 0 Å². The zero-order valence-corrected chi connectivity index (χ0v) is 10.4. The standard InChI is InChI=1S/C7H21N3Si/c1-5-6-10(4)7(11,8-2)9-3/h8-9H,5-6H2,1-4,11H3. The Labute approximate surface area is 73.0 Å². The first-order chi connectivity index (χ1) is 5.10. The van der Waals surface area contributed by atoms with E-state index in [-0.39, 0.29) is 5.41 Å². The average molecular weight is 175 g/mol. The molecule has 0 unspecified atom stereocenters. The smallest absolute Gasteiger partial charge is 0.0988 e. The van der Waals surface area contributed by atoms with Crippen LogP contribution in [0.15, 0.2) is 0 Å². The monoisotopic (exact) mass is 175 g/mol. The SMILES string of the molecule is CCCN(C)C([SiH3])(NC)NC. The van der Waals surface area contributed by atoms with Gasteiger partial charge in [-0.15, -0.1) is 0 Å². The molecular formula is C7H21N3Si. The van der Waals surface area contributed by atoms with E-state index in [1.165, 1.54) is 6.42 Å². The lowest BCUT2D eigenvalue weighted by molar-refractivity contribution is 0.144. The summed E-state index contributed by atoms with van der Waals surface area (Å²) in [7, 11) is 7.21. The maximum absolute atomic E-state index is 3.29. The van der Waals surface area contributed by atoms with E-state index in [1.807, 2.05) is 14.1 Å². The van der Waals surface area contributed by atoms with Crippen LogP contribution in [0.4, 0.5) is 0 Å². The summed E-state index contributed by atoms with van der Waals surface area (Å²) in [6.07, 6.45) is 1.20. The van der Waals surface area contributed by atoms with Gasteiger partial charge in [-0.25, -0.2) is 0 Å². The number of nitrogens with zero attached hydrogens (tertiary/aromatic N) is 1. The van der Waals surface area contributed by atoms with Crippen LogP contribution in [0.5, 0.6) is 0 Å². The van der Waals surface area contributed by atoms with E-state index < -0.39 is 0 Å². The van der Waals surface area contributed by atoms with Gasteiger partial charge in [0.1, 0.15) is 0 Å². The van der Waals surface area contributed by atoms with Gasteiger partial charge in [0.15, 0.2) is 0 Å². The minimum Gasteiger partial charge on any atom is -0.294 e. The highest BCUT2D eigenvalue weighted by atomic mass is 28.1. The number of hydrogen-bond donors (Lipinski definition) is 2. The fourth-order valence-electron chi connectivity index (χ4n) is 1.07. The Kier molecular flexibility index (Phi) is 4.91. The van der Waals surface area contributed by atoms with Crippen molar-refractivity contribution in [3.05, 3.63) is 0 Å². The quantitative estimate of drug-likeness (QED) is 0.404. The molecule has 0 saturated carbocycles. The van der Waals surface area contributed by atoms with E-state index in [9.17, 15) is 0 Å². The van der Waals surface area contributed by atoms with Gasteiger partial charge in [-0.2, -0.15) is 0 Å². The van der Waals surface area contributed by atoms with E-state index >= 15 is 0 Å². The zero-order valence-electron chi connectivity index (χ0n) is 8.36. The Morgan fingerprint density at radius 2 is 1.82 bits per heavy atom. The third-order valence-electron chi connectivity index (χ3n) is 2.30. The highest BCUT2D eigenvalue weighted by Gasteiger charge is 2.22. The van der Waals surface area contributed by atoms with E-state index in [0.29, 0.717) is 0 Å². The molecule has 0 bridgehead atoms. The summed E-state index contributed by atoms with van der Waals surface area (Å²) in [6, 6.07) is 0. The molecule has 11 heavy (non-hydrogen) atoms. The second-order valence-electron chi connectivity index (χ2n) is 2.99. The minimum atomic E-state index is 0.0655. The molecule has 0 heterocycles. The van der Waals surface area contributed by atoms with Gasteiger partial charge in [-0.3, -0.25) is 15.5 Å². The van der Waals surface area contributed by atoms with Gasteiger partial charge < -0.3 is 0 Å². The molecular weight excluding hydrogens is 154 g/mol. The molecule has 68 valence electrons. The van der Waals surface area contributed by atoms with Crippen LogP contribution in [0.3, 0.4) is 0 Å². The predicted molar refractivity (Wildman–Crippen MR) is 53.7 cm³/mol. The summed E-state index contributed by atoms with van der Waals surface area (Å²) in [6.45, 7) is 3.33. The third kappa shape index (κ3) is 2.90. The maximum atomic E-state index is 3.29. The van der Waals surface area contributed by atoms with Gasteiger partial charge in [0.2, 0.25) is 0 Å². The van der Waals surface area contributed by atoms with Crippen LogP contribution in [0, 0.1) is 0 Å². The average Bonchev–Trinajstić information content (AvgIpc) is 2.03. The van der Waals surface area contributed by atoms with Gasteiger partial charge in [0, 0.05) is 6.54 Å². The van der Waals surface area contributed by atoms with Crippen molar-refractivity contribution in [2.75, 3.05) is 27.7 Å². The topological polar surface area (TPSA) is 27.3 Å². The third-order valence-corrected chi connectivity index (χ3v) is 4.06. The zero-order chi connectivity index (χ0) is 8.91. The lowest BCUT2D eigenvalue weighted by Gasteiger charge is -2.38. The lowest BCUT2D eigenvalue weighted by atomic mass is 10.4. The Morgan fingerprint density at radius 3 is 2.09 bits per heavy atom. The van der Waals surface area contributed by atoms with Crippen LogP contribution in [0.25, 0.3) is 0 Å². The van der Waals surface area contributed by atoms with E-state index in [1.54, 1.807) is 0 Å². The van der Waals surface area contributed by atoms with Gasteiger partial charge in [-0.05, 0) is 27.6 Å². The molecule has 0 rings (SSSR count). The van der Waals surface area contributed by atoms with Gasteiger partial charge in [-0.1, -0.05) is 6.92 Å². The van der Waals surface area contributed by atoms with Gasteiger partial charge in [0.05, 0.1) is 15.7 Å². The first-order valence-electron chi connectivity index (χ1n) is 4.19. The summed E-state index contributed by atoms with van der Waals surface area (Å²) in [5.74, 6) is 0. The van der Waals surface area contributed by atoms with Crippen LogP contribution in [0.1, 0.15) is 13.3 Å². The normalized spacial score (nSPS) is 12.8. The van der Waals surface area contributed by atoms with Crippen molar-refractivity contribution in [1.82, 2.24) is 15.5 Å². The summed E-state index contributed by atoms with van der Waals surface area (Å²) >= 11 is 0. The molecule has 0 fully saturated rings. The second-order valence-corrected chi connectivity index (χ2v) is 4.44.